The van der Waals surface area contributed by atoms with Gasteiger partial charge in [0.2, 0.25) is 0 Å². The van der Waals surface area contributed by atoms with Crippen molar-refractivity contribution in [3.05, 3.63) is 22.9 Å². The fraction of sp³-hybridized carbons (Fsp3) is 0.571. The summed E-state index contributed by atoms with van der Waals surface area (Å²) in [7, 11) is 0. The lowest BCUT2D eigenvalue weighted by molar-refractivity contribution is 0.260. The molecule has 1 aliphatic rings. The zero-order valence-corrected chi connectivity index (χ0v) is 11.0. The number of nitrogens with one attached hydrogen (secondary N) is 1. The number of hydrogen-bond donors (Lipinski definition) is 2. The number of rotatable bonds is 4. The Morgan fingerprint density at radius 1 is 1.50 bits per heavy atom. The first-order chi connectivity index (χ1) is 8.55. The van der Waals surface area contributed by atoms with Crippen molar-refractivity contribution in [2.24, 2.45) is 0 Å². The van der Waals surface area contributed by atoms with E-state index in [4.69, 9.17) is 5.11 Å². The Morgan fingerprint density at radius 2 is 2.28 bits per heavy atom. The SMILES string of the molecule is CC(C)(CCO)Nc1nc2c(cc1C#N)CCC2. The van der Waals surface area contributed by atoms with Gasteiger partial charge in [0.1, 0.15) is 11.9 Å². The summed E-state index contributed by atoms with van der Waals surface area (Å²) >= 11 is 0. The Hall–Kier alpha value is -1.60. The first-order valence-corrected chi connectivity index (χ1v) is 6.38. The minimum Gasteiger partial charge on any atom is -0.396 e. The Morgan fingerprint density at radius 3 is 2.94 bits per heavy atom. The van der Waals surface area contributed by atoms with Crippen molar-refractivity contribution in [1.29, 1.82) is 5.26 Å². The molecule has 1 aliphatic carbocycles. The molecular weight excluding hydrogens is 226 g/mol. The average molecular weight is 245 g/mol. The Bertz CT molecular complexity index is 489. The molecule has 0 unspecified atom stereocenters. The van der Waals surface area contributed by atoms with Gasteiger partial charge in [-0.3, -0.25) is 0 Å². The van der Waals surface area contributed by atoms with Gasteiger partial charge >= 0.3 is 0 Å². The Balaban J connectivity index is 2.30. The standard InChI is InChI=1S/C14H19N3O/c1-14(2,6-7-18)17-13-11(9-15)8-10-4-3-5-12(10)16-13/h8,18H,3-7H2,1-2H3,(H,16,17). The molecule has 2 rings (SSSR count). The highest BCUT2D eigenvalue weighted by Crippen LogP contribution is 2.27. The van der Waals surface area contributed by atoms with E-state index < -0.39 is 0 Å². The quantitative estimate of drug-likeness (QED) is 0.851. The molecule has 4 heteroatoms. The van der Waals surface area contributed by atoms with Gasteiger partial charge in [0.25, 0.3) is 0 Å². The first-order valence-electron chi connectivity index (χ1n) is 6.38. The first kappa shape index (κ1) is 12.8. The van der Waals surface area contributed by atoms with Crippen LogP contribution in [-0.2, 0) is 12.8 Å². The van der Waals surface area contributed by atoms with Gasteiger partial charge in [0.05, 0.1) is 5.56 Å². The van der Waals surface area contributed by atoms with Gasteiger partial charge < -0.3 is 10.4 Å². The zero-order chi connectivity index (χ0) is 13.2. The van der Waals surface area contributed by atoms with Crippen molar-refractivity contribution in [2.75, 3.05) is 11.9 Å². The Kier molecular flexibility index (Phi) is 3.53. The summed E-state index contributed by atoms with van der Waals surface area (Å²) < 4.78 is 0. The minimum atomic E-state index is -0.264. The van der Waals surface area contributed by atoms with Crippen LogP contribution in [0.25, 0.3) is 0 Å². The molecule has 1 aromatic heterocycles. The second kappa shape index (κ2) is 4.95. The summed E-state index contributed by atoms with van der Waals surface area (Å²) in [5.41, 5.74) is 2.65. The number of anilines is 1. The molecule has 0 amide bonds. The van der Waals surface area contributed by atoms with E-state index >= 15 is 0 Å². The van der Waals surface area contributed by atoms with Crippen LogP contribution in [0.5, 0.6) is 0 Å². The van der Waals surface area contributed by atoms with Crippen LogP contribution >= 0.6 is 0 Å². The van der Waals surface area contributed by atoms with E-state index in [2.05, 4.69) is 16.4 Å². The summed E-state index contributed by atoms with van der Waals surface area (Å²) in [6.07, 6.45) is 3.76. The number of fused-ring (bicyclic) bond motifs is 1. The van der Waals surface area contributed by atoms with Gasteiger partial charge in [-0.1, -0.05) is 0 Å². The molecule has 0 saturated carbocycles. The monoisotopic (exact) mass is 245 g/mol. The van der Waals surface area contributed by atoms with Crippen molar-refractivity contribution in [2.45, 2.75) is 45.1 Å². The summed E-state index contributed by atoms with van der Waals surface area (Å²) in [5, 5.41) is 21.5. The molecule has 0 bridgehead atoms. The number of hydrogen-bond acceptors (Lipinski definition) is 4. The fourth-order valence-electron chi connectivity index (χ4n) is 2.32. The molecule has 0 aromatic carbocycles. The smallest absolute Gasteiger partial charge is 0.144 e. The van der Waals surface area contributed by atoms with Crippen LogP contribution in [0.4, 0.5) is 5.82 Å². The van der Waals surface area contributed by atoms with Crippen LogP contribution in [0.15, 0.2) is 6.07 Å². The highest BCUT2D eigenvalue weighted by atomic mass is 16.3. The van der Waals surface area contributed by atoms with E-state index in [1.165, 1.54) is 5.56 Å². The second-order valence-corrected chi connectivity index (χ2v) is 5.44. The summed E-state index contributed by atoms with van der Waals surface area (Å²) in [6, 6.07) is 4.15. The summed E-state index contributed by atoms with van der Waals surface area (Å²) in [4.78, 5) is 4.58. The van der Waals surface area contributed by atoms with Crippen molar-refractivity contribution in [3.63, 3.8) is 0 Å². The predicted molar refractivity (Wildman–Crippen MR) is 70.4 cm³/mol. The van der Waals surface area contributed by atoms with Crippen molar-refractivity contribution < 1.29 is 5.11 Å². The van der Waals surface area contributed by atoms with E-state index in [0.717, 1.165) is 25.0 Å². The largest absolute Gasteiger partial charge is 0.396 e. The fourth-order valence-corrected chi connectivity index (χ4v) is 2.32. The highest BCUT2D eigenvalue weighted by Gasteiger charge is 2.22. The molecule has 2 N–H and O–H groups in total. The predicted octanol–water partition coefficient (Wildman–Crippen LogP) is 2.01. The van der Waals surface area contributed by atoms with E-state index in [1.54, 1.807) is 0 Å². The second-order valence-electron chi connectivity index (χ2n) is 5.44. The lowest BCUT2D eigenvalue weighted by Gasteiger charge is -2.26. The summed E-state index contributed by atoms with van der Waals surface area (Å²) in [6.45, 7) is 4.12. The van der Waals surface area contributed by atoms with Gasteiger partial charge in [-0.05, 0) is 51.2 Å². The van der Waals surface area contributed by atoms with Crippen LogP contribution in [0.1, 0.15) is 43.5 Å². The maximum atomic E-state index is 9.20. The van der Waals surface area contributed by atoms with Gasteiger partial charge in [-0.2, -0.15) is 5.26 Å². The molecule has 0 aliphatic heterocycles. The van der Waals surface area contributed by atoms with Crippen LogP contribution in [-0.4, -0.2) is 22.2 Å². The lowest BCUT2D eigenvalue weighted by atomic mass is 10.0. The van der Waals surface area contributed by atoms with Crippen LogP contribution in [0.2, 0.25) is 0 Å². The number of aryl methyl sites for hydroxylation is 2. The molecule has 0 radical (unpaired) electrons. The van der Waals surface area contributed by atoms with Crippen molar-refractivity contribution >= 4 is 5.82 Å². The maximum absolute atomic E-state index is 9.20. The van der Waals surface area contributed by atoms with Gasteiger partial charge in [0, 0.05) is 17.8 Å². The normalized spacial score (nSPS) is 14.1. The van der Waals surface area contributed by atoms with Gasteiger partial charge in [0.15, 0.2) is 0 Å². The van der Waals surface area contributed by atoms with E-state index in [0.29, 0.717) is 17.8 Å². The molecule has 0 fully saturated rings. The lowest BCUT2D eigenvalue weighted by Crippen LogP contribution is -2.32. The number of nitrogens with zero attached hydrogens (tertiary/aromatic N) is 2. The van der Waals surface area contributed by atoms with E-state index in [1.807, 2.05) is 19.9 Å². The molecular formula is C14H19N3O. The summed E-state index contributed by atoms with van der Waals surface area (Å²) in [5.74, 6) is 0.650. The topological polar surface area (TPSA) is 68.9 Å². The van der Waals surface area contributed by atoms with E-state index in [9.17, 15) is 5.26 Å². The van der Waals surface area contributed by atoms with E-state index in [-0.39, 0.29) is 12.1 Å². The molecule has 1 aromatic rings. The molecule has 0 saturated heterocycles. The third kappa shape index (κ3) is 2.62. The van der Waals surface area contributed by atoms with Crippen LogP contribution in [0.3, 0.4) is 0 Å². The molecule has 96 valence electrons. The van der Waals surface area contributed by atoms with Crippen LogP contribution in [0, 0.1) is 11.3 Å². The molecule has 4 nitrogen and oxygen atoms in total. The third-order valence-electron chi connectivity index (χ3n) is 3.36. The molecule has 18 heavy (non-hydrogen) atoms. The average Bonchev–Trinajstić information content (AvgIpc) is 2.74. The number of aromatic nitrogens is 1. The number of nitriles is 1. The Labute approximate surface area is 108 Å². The molecule has 1 heterocycles. The van der Waals surface area contributed by atoms with Gasteiger partial charge in [-0.25, -0.2) is 4.98 Å². The zero-order valence-electron chi connectivity index (χ0n) is 11.0. The van der Waals surface area contributed by atoms with Crippen LogP contribution < -0.4 is 5.32 Å². The minimum absolute atomic E-state index is 0.118. The highest BCUT2D eigenvalue weighted by molar-refractivity contribution is 5.56. The maximum Gasteiger partial charge on any atom is 0.144 e. The molecule has 0 atom stereocenters. The molecule has 0 spiro atoms. The number of pyridine rings is 1. The third-order valence-corrected chi connectivity index (χ3v) is 3.36. The van der Waals surface area contributed by atoms with Crippen molar-refractivity contribution in [3.8, 4) is 6.07 Å². The number of aliphatic hydroxyl groups is 1. The number of aliphatic hydroxyl groups excluding tert-OH is 1. The van der Waals surface area contributed by atoms with Crippen molar-refractivity contribution in [1.82, 2.24) is 4.98 Å². The van der Waals surface area contributed by atoms with Gasteiger partial charge in [-0.15, -0.1) is 0 Å².